The minimum atomic E-state index is 0.400. The number of hydrogen-bond acceptors (Lipinski definition) is 2. The number of benzene rings is 1. The molecule has 3 heteroatoms. The number of ether oxygens (including phenoxy) is 1. The summed E-state index contributed by atoms with van der Waals surface area (Å²) in [6.45, 7) is 0.778. The first kappa shape index (κ1) is 8.53. The average molecular weight is 200 g/mol. The molecule has 0 fully saturated rings. The van der Waals surface area contributed by atoms with E-state index in [1.165, 1.54) is 11.3 Å². The number of aromatic amines is 1. The molecule has 1 atom stereocenters. The third kappa shape index (κ3) is 1.40. The molecule has 76 valence electrons. The molecule has 1 N–H and O–H groups in total. The van der Waals surface area contributed by atoms with Crippen LogP contribution in [-0.4, -0.2) is 16.6 Å². The molecular formula is C12H12N2O. The lowest BCUT2D eigenvalue weighted by atomic mass is 9.91. The van der Waals surface area contributed by atoms with E-state index < -0.39 is 0 Å². The number of fused-ring (bicyclic) bond motifs is 1. The molecule has 2 aromatic rings. The molecule has 1 aliphatic heterocycles. The topological polar surface area (TPSA) is 37.9 Å². The van der Waals surface area contributed by atoms with Crippen LogP contribution in [0.25, 0.3) is 0 Å². The second-order valence-electron chi connectivity index (χ2n) is 3.73. The molecule has 0 radical (unpaired) electrons. The minimum absolute atomic E-state index is 0.400. The van der Waals surface area contributed by atoms with E-state index in [2.05, 4.69) is 22.1 Å². The smallest absolute Gasteiger partial charge is 0.123 e. The Labute approximate surface area is 88.1 Å². The van der Waals surface area contributed by atoms with Crippen LogP contribution < -0.4 is 4.74 Å². The second kappa shape index (κ2) is 3.42. The molecule has 0 bridgehead atoms. The number of H-pyrrole nitrogens is 1. The molecule has 3 rings (SSSR count). The summed E-state index contributed by atoms with van der Waals surface area (Å²) in [5.74, 6) is 1.40. The summed E-state index contributed by atoms with van der Waals surface area (Å²) >= 11 is 0. The maximum absolute atomic E-state index is 5.62. The van der Waals surface area contributed by atoms with Crippen molar-refractivity contribution in [3.8, 4) is 5.75 Å². The molecule has 15 heavy (non-hydrogen) atoms. The zero-order valence-electron chi connectivity index (χ0n) is 8.31. The standard InChI is InChI=1S/C12H12N2O/c1-2-4-12-10(3-1)9(5-6-15-12)11-7-13-8-14-11/h1-4,7-9H,5-6H2,(H,13,14). The minimum Gasteiger partial charge on any atom is -0.493 e. The maximum Gasteiger partial charge on any atom is 0.123 e. The molecule has 1 aromatic heterocycles. The van der Waals surface area contributed by atoms with Gasteiger partial charge >= 0.3 is 0 Å². The van der Waals surface area contributed by atoms with Crippen LogP contribution in [0.5, 0.6) is 5.75 Å². The number of para-hydroxylation sites is 1. The first-order chi connectivity index (χ1) is 7.45. The van der Waals surface area contributed by atoms with Gasteiger partial charge in [-0.1, -0.05) is 18.2 Å². The molecule has 3 nitrogen and oxygen atoms in total. The Morgan fingerprint density at radius 2 is 2.27 bits per heavy atom. The van der Waals surface area contributed by atoms with Gasteiger partial charge in [0.05, 0.1) is 12.9 Å². The highest BCUT2D eigenvalue weighted by Gasteiger charge is 2.23. The molecule has 0 aliphatic carbocycles. The fraction of sp³-hybridized carbons (Fsp3) is 0.250. The van der Waals surface area contributed by atoms with Gasteiger partial charge in [-0.2, -0.15) is 0 Å². The van der Waals surface area contributed by atoms with Gasteiger partial charge < -0.3 is 9.72 Å². The summed E-state index contributed by atoms with van der Waals surface area (Å²) < 4.78 is 5.62. The predicted molar refractivity (Wildman–Crippen MR) is 57.0 cm³/mol. The highest BCUT2D eigenvalue weighted by molar-refractivity contribution is 5.41. The fourth-order valence-corrected chi connectivity index (χ4v) is 2.12. The van der Waals surface area contributed by atoms with Crippen LogP contribution in [0.15, 0.2) is 36.8 Å². The second-order valence-corrected chi connectivity index (χ2v) is 3.73. The van der Waals surface area contributed by atoms with Crippen molar-refractivity contribution in [3.63, 3.8) is 0 Å². The average Bonchev–Trinajstić information content (AvgIpc) is 2.82. The van der Waals surface area contributed by atoms with E-state index in [9.17, 15) is 0 Å². The van der Waals surface area contributed by atoms with Crippen molar-refractivity contribution in [2.24, 2.45) is 0 Å². The Hall–Kier alpha value is -1.77. The lowest BCUT2D eigenvalue weighted by molar-refractivity contribution is 0.276. The van der Waals surface area contributed by atoms with Crippen LogP contribution in [0.1, 0.15) is 23.6 Å². The summed E-state index contributed by atoms with van der Waals surface area (Å²) in [5, 5.41) is 0. The Morgan fingerprint density at radius 3 is 3.13 bits per heavy atom. The lowest BCUT2D eigenvalue weighted by Gasteiger charge is -2.24. The molecule has 1 unspecified atom stereocenters. The van der Waals surface area contributed by atoms with Crippen molar-refractivity contribution < 1.29 is 4.74 Å². The molecule has 0 saturated heterocycles. The van der Waals surface area contributed by atoms with Gasteiger partial charge in [0.25, 0.3) is 0 Å². The lowest BCUT2D eigenvalue weighted by Crippen LogP contribution is -2.15. The summed E-state index contributed by atoms with van der Waals surface area (Å²) in [4.78, 5) is 7.26. The number of imidazole rings is 1. The van der Waals surface area contributed by atoms with Gasteiger partial charge in [0, 0.05) is 23.4 Å². The maximum atomic E-state index is 5.62. The number of nitrogens with zero attached hydrogens (tertiary/aromatic N) is 1. The molecule has 0 saturated carbocycles. The molecule has 0 spiro atoms. The van der Waals surface area contributed by atoms with Crippen LogP contribution in [0.2, 0.25) is 0 Å². The molecule has 0 amide bonds. The summed E-state index contributed by atoms with van der Waals surface area (Å²) in [5.41, 5.74) is 2.43. The third-order valence-electron chi connectivity index (χ3n) is 2.85. The molecule has 2 heterocycles. The number of aromatic nitrogens is 2. The Kier molecular flexibility index (Phi) is 1.95. The van der Waals surface area contributed by atoms with Crippen molar-refractivity contribution in [3.05, 3.63) is 48.0 Å². The van der Waals surface area contributed by atoms with E-state index in [0.29, 0.717) is 5.92 Å². The SMILES string of the molecule is c1ccc2c(c1)OCCC2c1cnc[nH]1. The third-order valence-corrected chi connectivity index (χ3v) is 2.85. The quantitative estimate of drug-likeness (QED) is 0.767. The van der Waals surface area contributed by atoms with Gasteiger partial charge in [-0.15, -0.1) is 0 Å². The van der Waals surface area contributed by atoms with Crippen molar-refractivity contribution in [2.75, 3.05) is 6.61 Å². The Balaban J connectivity index is 2.06. The predicted octanol–water partition coefficient (Wildman–Crippen LogP) is 2.32. The van der Waals surface area contributed by atoms with Crippen molar-refractivity contribution in [1.29, 1.82) is 0 Å². The van der Waals surface area contributed by atoms with E-state index >= 15 is 0 Å². The van der Waals surface area contributed by atoms with Gasteiger partial charge in [0.15, 0.2) is 0 Å². The monoisotopic (exact) mass is 200 g/mol. The number of hydrogen-bond donors (Lipinski definition) is 1. The highest BCUT2D eigenvalue weighted by Crippen LogP contribution is 2.36. The number of nitrogens with one attached hydrogen (secondary N) is 1. The van der Waals surface area contributed by atoms with Crippen molar-refractivity contribution in [2.45, 2.75) is 12.3 Å². The Morgan fingerprint density at radius 1 is 1.33 bits per heavy atom. The van der Waals surface area contributed by atoms with Crippen LogP contribution >= 0.6 is 0 Å². The first-order valence-corrected chi connectivity index (χ1v) is 5.15. The van der Waals surface area contributed by atoms with Crippen molar-refractivity contribution >= 4 is 0 Å². The van der Waals surface area contributed by atoms with E-state index in [1.54, 1.807) is 6.33 Å². The van der Waals surface area contributed by atoms with Crippen LogP contribution in [0.4, 0.5) is 0 Å². The summed E-state index contributed by atoms with van der Waals surface area (Å²) in [7, 11) is 0. The summed E-state index contributed by atoms with van der Waals surface area (Å²) in [6, 6.07) is 8.21. The van der Waals surface area contributed by atoms with Gasteiger partial charge in [-0.05, 0) is 12.5 Å². The van der Waals surface area contributed by atoms with Crippen LogP contribution in [0.3, 0.4) is 0 Å². The molecule has 1 aromatic carbocycles. The first-order valence-electron chi connectivity index (χ1n) is 5.15. The van der Waals surface area contributed by atoms with Gasteiger partial charge in [0.2, 0.25) is 0 Å². The van der Waals surface area contributed by atoms with Crippen LogP contribution in [-0.2, 0) is 0 Å². The summed E-state index contributed by atoms with van der Waals surface area (Å²) in [6.07, 6.45) is 4.64. The zero-order valence-corrected chi connectivity index (χ0v) is 8.31. The normalized spacial score (nSPS) is 19.3. The van der Waals surface area contributed by atoms with E-state index in [-0.39, 0.29) is 0 Å². The van der Waals surface area contributed by atoms with Gasteiger partial charge in [-0.3, -0.25) is 0 Å². The Bertz CT molecular complexity index is 450. The largest absolute Gasteiger partial charge is 0.493 e. The van der Waals surface area contributed by atoms with Crippen molar-refractivity contribution in [1.82, 2.24) is 9.97 Å². The highest BCUT2D eigenvalue weighted by atomic mass is 16.5. The van der Waals surface area contributed by atoms with E-state index in [0.717, 1.165) is 18.8 Å². The van der Waals surface area contributed by atoms with E-state index in [1.807, 2.05) is 18.3 Å². The van der Waals surface area contributed by atoms with Gasteiger partial charge in [-0.25, -0.2) is 4.98 Å². The molecule has 1 aliphatic rings. The fourth-order valence-electron chi connectivity index (χ4n) is 2.12. The zero-order chi connectivity index (χ0) is 10.1. The van der Waals surface area contributed by atoms with E-state index in [4.69, 9.17) is 4.74 Å². The van der Waals surface area contributed by atoms with Crippen LogP contribution in [0, 0.1) is 0 Å². The number of rotatable bonds is 1. The van der Waals surface area contributed by atoms with Gasteiger partial charge in [0.1, 0.15) is 5.75 Å². The molecular weight excluding hydrogens is 188 g/mol.